The zero-order chi connectivity index (χ0) is 17.1. The highest BCUT2D eigenvalue weighted by molar-refractivity contribution is 5.94. The first-order valence-corrected chi connectivity index (χ1v) is 9.04. The van der Waals surface area contributed by atoms with Crippen molar-refractivity contribution in [1.82, 2.24) is 9.80 Å². The van der Waals surface area contributed by atoms with Crippen LogP contribution in [0.15, 0.2) is 60.7 Å². The van der Waals surface area contributed by atoms with Gasteiger partial charge < -0.3 is 9.64 Å². The van der Waals surface area contributed by atoms with Crippen molar-refractivity contribution in [3.8, 4) is 0 Å². The van der Waals surface area contributed by atoms with Gasteiger partial charge in [-0.15, -0.1) is 0 Å². The van der Waals surface area contributed by atoms with Crippen LogP contribution in [0, 0.1) is 0 Å². The van der Waals surface area contributed by atoms with Crippen molar-refractivity contribution in [2.45, 2.75) is 25.1 Å². The van der Waals surface area contributed by atoms with E-state index >= 15 is 0 Å². The van der Waals surface area contributed by atoms with Crippen LogP contribution in [0.25, 0.3) is 0 Å². The molecule has 4 nitrogen and oxygen atoms in total. The molecule has 1 amide bonds. The van der Waals surface area contributed by atoms with E-state index in [1.54, 1.807) is 0 Å². The van der Waals surface area contributed by atoms with Crippen LogP contribution in [0.5, 0.6) is 0 Å². The molecule has 25 heavy (non-hydrogen) atoms. The van der Waals surface area contributed by atoms with Crippen LogP contribution in [0.4, 0.5) is 0 Å². The monoisotopic (exact) mass is 336 g/mol. The van der Waals surface area contributed by atoms with Crippen LogP contribution < -0.4 is 0 Å². The van der Waals surface area contributed by atoms with Crippen LogP contribution in [0.2, 0.25) is 0 Å². The summed E-state index contributed by atoms with van der Waals surface area (Å²) in [6, 6.07) is 20.1. The molecule has 2 aliphatic heterocycles. The van der Waals surface area contributed by atoms with Gasteiger partial charge in [-0.2, -0.15) is 0 Å². The molecular weight excluding hydrogens is 312 g/mol. The molecule has 4 heteroatoms. The van der Waals surface area contributed by atoms with E-state index < -0.39 is 0 Å². The lowest BCUT2D eigenvalue weighted by molar-refractivity contribution is -0.118. The fourth-order valence-electron chi connectivity index (χ4n) is 3.95. The Morgan fingerprint density at radius 2 is 1.56 bits per heavy atom. The normalized spacial score (nSPS) is 20.1. The van der Waals surface area contributed by atoms with E-state index in [-0.39, 0.29) is 11.6 Å². The molecule has 4 rings (SSSR count). The molecule has 130 valence electrons. The Balaban J connectivity index is 1.42. The molecule has 2 aromatic rings. The first-order valence-electron chi connectivity index (χ1n) is 9.04. The topological polar surface area (TPSA) is 32.8 Å². The van der Waals surface area contributed by atoms with E-state index in [0.717, 1.165) is 51.2 Å². The lowest BCUT2D eigenvalue weighted by Crippen LogP contribution is -2.53. The number of hydrogen-bond acceptors (Lipinski definition) is 3. The number of nitrogens with zero attached hydrogens (tertiary/aromatic N) is 2. The number of likely N-dealkylation sites (tertiary alicyclic amines) is 1. The Morgan fingerprint density at radius 3 is 2.24 bits per heavy atom. The SMILES string of the molecule is O=C(c1ccccc1)N1CCC2(CC1)OCCN2Cc1ccccc1. The summed E-state index contributed by atoms with van der Waals surface area (Å²) < 4.78 is 6.19. The van der Waals surface area contributed by atoms with Crippen molar-refractivity contribution in [2.75, 3.05) is 26.2 Å². The zero-order valence-corrected chi connectivity index (χ0v) is 14.4. The number of carbonyl (C=O) groups is 1. The summed E-state index contributed by atoms with van der Waals surface area (Å²) in [5.74, 6) is 0.128. The lowest BCUT2D eigenvalue weighted by atomic mass is 9.97. The average Bonchev–Trinajstić information content (AvgIpc) is 3.05. The van der Waals surface area contributed by atoms with Crippen molar-refractivity contribution < 1.29 is 9.53 Å². The average molecular weight is 336 g/mol. The van der Waals surface area contributed by atoms with E-state index in [9.17, 15) is 4.79 Å². The molecule has 0 unspecified atom stereocenters. The minimum absolute atomic E-state index is 0.128. The summed E-state index contributed by atoms with van der Waals surface area (Å²) in [6.07, 6.45) is 1.75. The molecule has 2 heterocycles. The van der Waals surface area contributed by atoms with Gasteiger partial charge in [0.25, 0.3) is 5.91 Å². The predicted octanol–water partition coefficient (Wildman–Crippen LogP) is 3.15. The van der Waals surface area contributed by atoms with Gasteiger partial charge in [0.15, 0.2) is 0 Å². The van der Waals surface area contributed by atoms with E-state index in [0.29, 0.717) is 0 Å². The Morgan fingerprint density at radius 1 is 0.920 bits per heavy atom. The van der Waals surface area contributed by atoms with Gasteiger partial charge in [0.1, 0.15) is 5.72 Å². The van der Waals surface area contributed by atoms with Gasteiger partial charge in [0.05, 0.1) is 6.61 Å². The summed E-state index contributed by atoms with van der Waals surface area (Å²) >= 11 is 0. The molecular formula is C21H24N2O2. The van der Waals surface area contributed by atoms with Crippen LogP contribution in [0.1, 0.15) is 28.8 Å². The summed E-state index contributed by atoms with van der Waals surface area (Å²) in [6.45, 7) is 4.15. The highest BCUT2D eigenvalue weighted by atomic mass is 16.5. The third-order valence-electron chi connectivity index (χ3n) is 5.38. The molecule has 0 aromatic heterocycles. The third kappa shape index (κ3) is 3.32. The largest absolute Gasteiger partial charge is 0.359 e. The van der Waals surface area contributed by atoms with Crippen molar-refractivity contribution in [3.63, 3.8) is 0 Å². The van der Waals surface area contributed by atoms with Gasteiger partial charge in [0, 0.05) is 44.6 Å². The second-order valence-corrected chi connectivity index (χ2v) is 6.86. The summed E-state index contributed by atoms with van der Waals surface area (Å²) in [7, 11) is 0. The van der Waals surface area contributed by atoms with Crippen molar-refractivity contribution in [2.24, 2.45) is 0 Å². The molecule has 0 atom stereocenters. The standard InChI is InChI=1S/C21H24N2O2/c24-20(19-9-5-2-6-10-19)22-13-11-21(12-14-22)23(15-16-25-21)17-18-7-3-1-4-8-18/h1-10H,11-17H2. The van der Waals surface area contributed by atoms with Gasteiger partial charge in [0.2, 0.25) is 0 Å². The fourth-order valence-corrected chi connectivity index (χ4v) is 3.95. The molecule has 0 bridgehead atoms. The second kappa shape index (κ2) is 6.98. The molecule has 0 radical (unpaired) electrons. The second-order valence-electron chi connectivity index (χ2n) is 6.86. The highest BCUT2D eigenvalue weighted by Gasteiger charge is 2.45. The van der Waals surface area contributed by atoms with Crippen LogP contribution in [-0.4, -0.2) is 47.7 Å². The van der Waals surface area contributed by atoms with Gasteiger partial charge >= 0.3 is 0 Å². The van der Waals surface area contributed by atoms with Crippen LogP contribution >= 0.6 is 0 Å². The number of ether oxygens (including phenoxy) is 1. The molecule has 2 saturated heterocycles. The highest BCUT2D eigenvalue weighted by Crippen LogP contribution is 2.35. The number of benzene rings is 2. The number of piperidine rings is 1. The number of carbonyl (C=O) groups excluding carboxylic acids is 1. The Labute approximate surface area is 149 Å². The first kappa shape index (κ1) is 16.3. The summed E-state index contributed by atoms with van der Waals surface area (Å²) in [5, 5.41) is 0. The van der Waals surface area contributed by atoms with Crippen molar-refractivity contribution >= 4 is 5.91 Å². The predicted molar refractivity (Wildman–Crippen MR) is 97.1 cm³/mol. The van der Waals surface area contributed by atoms with E-state index in [2.05, 4.69) is 29.2 Å². The summed E-state index contributed by atoms with van der Waals surface area (Å²) in [4.78, 5) is 17.1. The van der Waals surface area contributed by atoms with Gasteiger partial charge in [-0.1, -0.05) is 48.5 Å². The minimum atomic E-state index is -0.205. The molecule has 0 saturated carbocycles. The Kier molecular flexibility index (Phi) is 4.55. The lowest BCUT2D eigenvalue weighted by Gasteiger charge is -2.43. The first-order chi connectivity index (χ1) is 12.3. The quantitative estimate of drug-likeness (QED) is 0.863. The zero-order valence-electron chi connectivity index (χ0n) is 14.4. The molecule has 2 aromatic carbocycles. The number of rotatable bonds is 3. The van der Waals surface area contributed by atoms with E-state index in [1.807, 2.05) is 41.3 Å². The maximum absolute atomic E-state index is 12.6. The molecule has 0 N–H and O–H groups in total. The molecule has 0 aliphatic carbocycles. The molecule has 2 fully saturated rings. The van der Waals surface area contributed by atoms with Gasteiger partial charge in [-0.25, -0.2) is 0 Å². The number of hydrogen-bond donors (Lipinski definition) is 0. The fraction of sp³-hybridized carbons (Fsp3) is 0.381. The smallest absolute Gasteiger partial charge is 0.253 e. The number of amides is 1. The Bertz CT molecular complexity index is 709. The van der Waals surface area contributed by atoms with E-state index in [1.165, 1.54) is 5.56 Å². The minimum Gasteiger partial charge on any atom is -0.359 e. The molecule has 1 spiro atoms. The van der Waals surface area contributed by atoms with Crippen LogP contribution in [0.3, 0.4) is 0 Å². The van der Waals surface area contributed by atoms with Crippen molar-refractivity contribution in [1.29, 1.82) is 0 Å². The molecule has 2 aliphatic rings. The van der Waals surface area contributed by atoms with Crippen LogP contribution in [-0.2, 0) is 11.3 Å². The maximum Gasteiger partial charge on any atom is 0.253 e. The maximum atomic E-state index is 12.6. The Hall–Kier alpha value is -2.17. The van der Waals surface area contributed by atoms with Gasteiger partial charge in [-0.3, -0.25) is 9.69 Å². The summed E-state index contributed by atoms with van der Waals surface area (Å²) in [5.41, 5.74) is 1.88. The van der Waals surface area contributed by atoms with E-state index in [4.69, 9.17) is 4.74 Å². The van der Waals surface area contributed by atoms with Gasteiger partial charge in [-0.05, 0) is 17.7 Å². The van der Waals surface area contributed by atoms with Crippen molar-refractivity contribution in [3.05, 3.63) is 71.8 Å². The third-order valence-corrected chi connectivity index (χ3v) is 5.38.